The van der Waals surface area contributed by atoms with Gasteiger partial charge in [-0.25, -0.2) is 4.98 Å². The van der Waals surface area contributed by atoms with E-state index in [9.17, 15) is 9.59 Å². The number of nitrogens with one attached hydrogen (secondary N) is 1. The number of fused-ring (bicyclic) bond motifs is 2. The Morgan fingerprint density at radius 1 is 1.26 bits per heavy atom. The van der Waals surface area contributed by atoms with Crippen LogP contribution < -0.4 is 5.32 Å². The smallest absolute Gasteiger partial charge is 0.273 e. The summed E-state index contributed by atoms with van der Waals surface area (Å²) in [5, 5.41) is 3.15. The number of nitrogens with zero attached hydrogens (tertiary/aromatic N) is 3. The summed E-state index contributed by atoms with van der Waals surface area (Å²) in [6.07, 6.45) is 11.3. The van der Waals surface area contributed by atoms with Gasteiger partial charge in [0.1, 0.15) is 17.2 Å². The molecule has 2 aromatic heterocycles. The van der Waals surface area contributed by atoms with Crippen LogP contribution in [-0.4, -0.2) is 39.7 Å². The first kappa shape index (κ1) is 19.3. The van der Waals surface area contributed by atoms with Crippen LogP contribution in [0.3, 0.4) is 0 Å². The molecule has 6 nitrogen and oxygen atoms in total. The van der Waals surface area contributed by atoms with E-state index >= 15 is 0 Å². The van der Waals surface area contributed by atoms with Gasteiger partial charge in [-0.3, -0.25) is 14.0 Å². The molecule has 2 bridgehead atoms. The van der Waals surface area contributed by atoms with Gasteiger partial charge in [0.05, 0.1) is 0 Å². The highest BCUT2D eigenvalue weighted by Gasteiger charge is 2.72. The fourth-order valence-corrected chi connectivity index (χ4v) is 7.75. The second-order valence-electron chi connectivity index (χ2n) is 10.9. The zero-order valence-electron chi connectivity index (χ0n) is 18.6. The number of anilines is 1. The summed E-state index contributed by atoms with van der Waals surface area (Å²) in [7, 11) is 1.80. The van der Waals surface area contributed by atoms with Gasteiger partial charge in [-0.1, -0.05) is 13.0 Å². The Kier molecular flexibility index (Phi) is 4.09. The van der Waals surface area contributed by atoms with Crippen molar-refractivity contribution < 1.29 is 9.59 Å². The van der Waals surface area contributed by atoms with Crippen molar-refractivity contribution in [3.8, 4) is 0 Å². The summed E-state index contributed by atoms with van der Waals surface area (Å²) in [4.78, 5) is 32.0. The Bertz CT molecular complexity index is 1070. The van der Waals surface area contributed by atoms with Gasteiger partial charge in [0, 0.05) is 26.2 Å². The number of hydrogen-bond acceptors (Lipinski definition) is 3. The van der Waals surface area contributed by atoms with Crippen molar-refractivity contribution in [1.82, 2.24) is 14.3 Å². The molecule has 0 radical (unpaired) electrons. The van der Waals surface area contributed by atoms with E-state index in [0.29, 0.717) is 35.5 Å². The minimum atomic E-state index is -0.0886. The van der Waals surface area contributed by atoms with Crippen molar-refractivity contribution in [2.75, 3.05) is 18.9 Å². The van der Waals surface area contributed by atoms with E-state index in [4.69, 9.17) is 0 Å². The molecule has 2 heterocycles. The van der Waals surface area contributed by atoms with Crippen LogP contribution in [0.2, 0.25) is 0 Å². The Hall–Kier alpha value is -2.37. The maximum atomic E-state index is 13.1. The predicted molar refractivity (Wildman–Crippen MR) is 119 cm³/mol. The third-order valence-corrected chi connectivity index (χ3v) is 9.01. The second kappa shape index (κ2) is 6.57. The first-order valence-electron chi connectivity index (χ1n) is 12.0. The van der Waals surface area contributed by atoms with Crippen LogP contribution >= 0.6 is 0 Å². The van der Waals surface area contributed by atoms with E-state index in [-0.39, 0.29) is 17.2 Å². The molecule has 4 fully saturated rings. The monoisotopic (exact) mass is 420 g/mol. The number of carbonyl (C=O) groups is 2. The molecule has 4 saturated carbocycles. The van der Waals surface area contributed by atoms with E-state index in [1.165, 1.54) is 38.5 Å². The number of pyridine rings is 1. The molecule has 1 N–H and O–H groups in total. The molecule has 0 aromatic carbocycles. The number of hydrogen-bond donors (Lipinski definition) is 1. The Labute approximate surface area is 183 Å². The van der Waals surface area contributed by atoms with Gasteiger partial charge in [0.15, 0.2) is 0 Å². The van der Waals surface area contributed by atoms with Crippen molar-refractivity contribution >= 4 is 23.3 Å². The van der Waals surface area contributed by atoms with Gasteiger partial charge >= 0.3 is 0 Å². The summed E-state index contributed by atoms with van der Waals surface area (Å²) in [6.45, 7) is 2.75. The largest absolute Gasteiger partial charge is 0.340 e. The fourth-order valence-electron chi connectivity index (χ4n) is 7.75. The average molecular weight is 421 g/mol. The predicted octanol–water partition coefficient (Wildman–Crippen LogP) is 4.36. The maximum absolute atomic E-state index is 13.1. The van der Waals surface area contributed by atoms with Gasteiger partial charge in [-0.05, 0) is 85.7 Å². The summed E-state index contributed by atoms with van der Waals surface area (Å²) >= 11 is 0. The zero-order valence-corrected chi connectivity index (χ0v) is 18.6. The summed E-state index contributed by atoms with van der Waals surface area (Å²) in [6, 6.07) is 5.65. The molecular weight excluding hydrogens is 388 g/mol. The summed E-state index contributed by atoms with van der Waals surface area (Å²) in [5.74, 6) is 3.35. The van der Waals surface area contributed by atoms with E-state index in [0.717, 1.165) is 24.2 Å². The van der Waals surface area contributed by atoms with Crippen molar-refractivity contribution in [3.63, 3.8) is 0 Å². The lowest BCUT2D eigenvalue weighted by molar-refractivity contribution is -0.119. The molecule has 0 saturated heterocycles. The standard InChI is InChI=1S/C25H32N4O2/c1-3-9-28(2)23(31)19-15-29-20(26-19)5-4-6-21(29)27-22(30)14-24-10-16-7-8-25(18(16)13-24)12-17(25)11-24/h4-6,15-18H,3,7-14H2,1-2H3,(H,27,30). The Balaban J connectivity index is 1.20. The van der Waals surface area contributed by atoms with Crippen molar-refractivity contribution in [2.24, 2.45) is 28.6 Å². The van der Waals surface area contributed by atoms with Crippen LogP contribution in [0, 0.1) is 28.6 Å². The molecule has 5 atom stereocenters. The number of amides is 2. The SMILES string of the molecule is CCCN(C)C(=O)c1cn2c(NC(=O)CC34CC5CCC6(CC6C3)C5C4)cccc2n1. The highest BCUT2D eigenvalue weighted by Crippen LogP contribution is 2.80. The minimum absolute atomic E-state index is 0.0886. The number of aromatic nitrogens is 2. The number of imidazole rings is 1. The van der Waals surface area contributed by atoms with Gasteiger partial charge in [0.2, 0.25) is 5.91 Å². The zero-order chi connectivity index (χ0) is 21.4. The van der Waals surface area contributed by atoms with Gasteiger partial charge in [-0.2, -0.15) is 0 Å². The minimum Gasteiger partial charge on any atom is -0.340 e. The Morgan fingerprint density at radius 2 is 2.13 bits per heavy atom. The van der Waals surface area contributed by atoms with Crippen LogP contribution in [-0.2, 0) is 4.79 Å². The molecule has 5 unspecified atom stereocenters. The molecule has 6 rings (SSSR count). The lowest BCUT2D eigenvalue weighted by atomic mass is 9.69. The quantitative estimate of drug-likeness (QED) is 0.755. The molecule has 2 amide bonds. The van der Waals surface area contributed by atoms with Crippen LogP contribution in [0.15, 0.2) is 24.4 Å². The molecular formula is C25H32N4O2. The van der Waals surface area contributed by atoms with E-state index in [1.54, 1.807) is 18.1 Å². The van der Waals surface area contributed by atoms with Crippen molar-refractivity contribution in [3.05, 3.63) is 30.1 Å². The maximum Gasteiger partial charge on any atom is 0.273 e. The fraction of sp³-hybridized carbons (Fsp3) is 0.640. The van der Waals surface area contributed by atoms with E-state index in [1.807, 2.05) is 29.5 Å². The lowest BCUT2D eigenvalue weighted by Gasteiger charge is -2.36. The first-order valence-corrected chi connectivity index (χ1v) is 12.0. The molecule has 31 heavy (non-hydrogen) atoms. The topological polar surface area (TPSA) is 66.7 Å². The highest BCUT2D eigenvalue weighted by molar-refractivity contribution is 5.94. The normalized spacial score (nSPS) is 34.6. The third-order valence-electron chi connectivity index (χ3n) is 9.01. The van der Waals surface area contributed by atoms with Gasteiger partial charge < -0.3 is 10.2 Å². The van der Waals surface area contributed by atoms with Gasteiger partial charge in [0.25, 0.3) is 5.91 Å². The molecule has 1 spiro atoms. The Morgan fingerprint density at radius 3 is 2.97 bits per heavy atom. The van der Waals surface area contributed by atoms with Crippen molar-refractivity contribution in [2.45, 2.75) is 58.3 Å². The third kappa shape index (κ3) is 2.86. The van der Waals surface area contributed by atoms with Crippen LogP contribution in [0.5, 0.6) is 0 Å². The van der Waals surface area contributed by atoms with Crippen molar-refractivity contribution in [1.29, 1.82) is 0 Å². The first-order chi connectivity index (χ1) is 14.9. The lowest BCUT2D eigenvalue weighted by Crippen LogP contribution is -2.31. The van der Waals surface area contributed by atoms with E-state index in [2.05, 4.69) is 10.3 Å². The number of rotatable bonds is 6. The molecule has 0 aliphatic heterocycles. The molecule has 6 heteroatoms. The highest BCUT2D eigenvalue weighted by atomic mass is 16.2. The summed E-state index contributed by atoms with van der Waals surface area (Å²) in [5.41, 5.74) is 2.01. The average Bonchev–Trinajstić information content (AvgIpc) is 3.02. The van der Waals surface area contributed by atoms with Crippen LogP contribution in [0.1, 0.15) is 68.8 Å². The molecule has 4 aliphatic rings. The van der Waals surface area contributed by atoms with Gasteiger partial charge in [-0.15, -0.1) is 0 Å². The number of carbonyl (C=O) groups excluding carboxylic acids is 2. The van der Waals surface area contributed by atoms with Crippen LogP contribution in [0.25, 0.3) is 5.65 Å². The molecule has 2 aromatic rings. The van der Waals surface area contributed by atoms with E-state index < -0.39 is 0 Å². The molecule has 4 aliphatic carbocycles. The van der Waals surface area contributed by atoms with Crippen LogP contribution in [0.4, 0.5) is 5.82 Å². The molecule has 164 valence electrons. The summed E-state index contributed by atoms with van der Waals surface area (Å²) < 4.78 is 1.83. The second-order valence-corrected chi connectivity index (χ2v) is 10.9.